The number of benzene rings is 1. The van der Waals surface area contributed by atoms with Crippen LogP contribution in [0.1, 0.15) is 12.5 Å². The van der Waals surface area contributed by atoms with E-state index in [2.05, 4.69) is 5.32 Å². The van der Waals surface area contributed by atoms with Crippen LogP contribution in [0.3, 0.4) is 0 Å². The smallest absolute Gasteiger partial charge is 0.224 e. The van der Waals surface area contributed by atoms with Crippen molar-refractivity contribution in [1.29, 1.82) is 0 Å². The van der Waals surface area contributed by atoms with E-state index in [9.17, 15) is 4.79 Å². The molecule has 2 nitrogen and oxygen atoms in total. The van der Waals surface area contributed by atoms with Crippen molar-refractivity contribution >= 4 is 29.1 Å². The highest BCUT2D eigenvalue weighted by Crippen LogP contribution is 2.22. The van der Waals surface area contributed by atoms with Crippen LogP contribution >= 0.6 is 23.2 Å². The molecule has 0 atom stereocenters. The van der Waals surface area contributed by atoms with E-state index >= 15 is 0 Å². The molecule has 4 heteroatoms. The minimum absolute atomic E-state index is 0.00844. The van der Waals surface area contributed by atoms with Crippen molar-refractivity contribution in [3.8, 4) is 0 Å². The van der Waals surface area contributed by atoms with Crippen LogP contribution in [0.25, 0.3) is 0 Å². The van der Waals surface area contributed by atoms with Crippen LogP contribution in [-0.2, 0) is 11.2 Å². The van der Waals surface area contributed by atoms with Gasteiger partial charge >= 0.3 is 0 Å². The Kier molecular flexibility index (Phi) is 4.23. The van der Waals surface area contributed by atoms with Gasteiger partial charge in [-0.1, -0.05) is 29.3 Å². The van der Waals surface area contributed by atoms with Crippen LogP contribution in [0.5, 0.6) is 0 Å². The van der Waals surface area contributed by atoms with Gasteiger partial charge in [-0.05, 0) is 24.6 Å². The number of carbonyl (C=O) groups is 1. The maximum Gasteiger partial charge on any atom is 0.224 e. The van der Waals surface area contributed by atoms with Crippen molar-refractivity contribution in [2.24, 2.45) is 0 Å². The Morgan fingerprint density at radius 3 is 2.64 bits per heavy atom. The summed E-state index contributed by atoms with van der Waals surface area (Å²) in [6.45, 7) is 2.52. The Labute approximate surface area is 93.2 Å². The number of carbonyl (C=O) groups excluding carboxylic acids is 1. The predicted molar refractivity (Wildman–Crippen MR) is 58.8 cm³/mol. The molecule has 1 amide bonds. The zero-order chi connectivity index (χ0) is 10.6. The van der Waals surface area contributed by atoms with Gasteiger partial charge in [0.1, 0.15) is 0 Å². The topological polar surface area (TPSA) is 29.1 Å². The molecule has 0 fully saturated rings. The Morgan fingerprint density at radius 1 is 1.36 bits per heavy atom. The van der Waals surface area contributed by atoms with E-state index in [1.807, 2.05) is 6.92 Å². The van der Waals surface area contributed by atoms with Gasteiger partial charge in [0.25, 0.3) is 0 Å². The van der Waals surface area contributed by atoms with Crippen LogP contribution in [-0.4, -0.2) is 12.5 Å². The van der Waals surface area contributed by atoms with Gasteiger partial charge in [-0.2, -0.15) is 0 Å². The van der Waals surface area contributed by atoms with Crippen molar-refractivity contribution in [2.75, 3.05) is 6.54 Å². The molecule has 1 rings (SSSR count). The predicted octanol–water partition coefficient (Wildman–Crippen LogP) is 2.67. The number of amides is 1. The molecule has 0 unspecified atom stereocenters. The number of hydrogen-bond donors (Lipinski definition) is 1. The lowest BCUT2D eigenvalue weighted by Crippen LogP contribution is -2.24. The molecule has 0 radical (unpaired) electrons. The highest BCUT2D eigenvalue weighted by molar-refractivity contribution is 6.42. The molecular formula is C10H11Cl2NO. The van der Waals surface area contributed by atoms with Gasteiger partial charge in [0.05, 0.1) is 16.5 Å². The molecule has 0 saturated heterocycles. The highest BCUT2D eigenvalue weighted by atomic mass is 35.5. The normalized spacial score (nSPS) is 9.93. The Hall–Kier alpha value is -0.730. The summed E-state index contributed by atoms with van der Waals surface area (Å²) in [6, 6.07) is 5.20. The lowest BCUT2D eigenvalue weighted by Gasteiger charge is -2.03. The first-order valence-corrected chi connectivity index (χ1v) is 5.09. The second kappa shape index (κ2) is 5.23. The monoisotopic (exact) mass is 231 g/mol. The highest BCUT2D eigenvalue weighted by Gasteiger charge is 2.04. The van der Waals surface area contributed by atoms with Crippen molar-refractivity contribution in [1.82, 2.24) is 5.32 Å². The van der Waals surface area contributed by atoms with Crippen LogP contribution in [0, 0.1) is 0 Å². The minimum atomic E-state index is -0.00844. The fourth-order valence-corrected chi connectivity index (χ4v) is 1.42. The van der Waals surface area contributed by atoms with E-state index in [4.69, 9.17) is 23.2 Å². The van der Waals surface area contributed by atoms with Gasteiger partial charge in [-0.3, -0.25) is 4.79 Å². The second-order valence-corrected chi connectivity index (χ2v) is 3.69. The third-order valence-electron chi connectivity index (χ3n) is 1.72. The van der Waals surface area contributed by atoms with Crippen LogP contribution in [0.4, 0.5) is 0 Å². The molecule has 0 heterocycles. The summed E-state index contributed by atoms with van der Waals surface area (Å²) in [7, 11) is 0. The van der Waals surface area contributed by atoms with E-state index < -0.39 is 0 Å². The van der Waals surface area contributed by atoms with Crippen LogP contribution in [0.2, 0.25) is 10.0 Å². The third kappa shape index (κ3) is 3.20. The molecule has 1 N–H and O–H groups in total. The summed E-state index contributed by atoms with van der Waals surface area (Å²) < 4.78 is 0. The molecule has 0 aliphatic carbocycles. The summed E-state index contributed by atoms with van der Waals surface area (Å²) >= 11 is 11.6. The first kappa shape index (κ1) is 11.3. The lowest BCUT2D eigenvalue weighted by molar-refractivity contribution is -0.120. The van der Waals surface area contributed by atoms with E-state index in [0.29, 0.717) is 23.0 Å². The van der Waals surface area contributed by atoms with Gasteiger partial charge < -0.3 is 5.32 Å². The maximum atomic E-state index is 11.2. The van der Waals surface area contributed by atoms with Gasteiger partial charge in [0.2, 0.25) is 5.91 Å². The minimum Gasteiger partial charge on any atom is -0.356 e. The SMILES string of the molecule is CCNC(=O)Cc1ccc(Cl)c(Cl)c1. The maximum absolute atomic E-state index is 11.2. The molecule has 0 aromatic heterocycles. The van der Waals surface area contributed by atoms with Gasteiger partial charge in [-0.25, -0.2) is 0 Å². The fourth-order valence-electron chi connectivity index (χ4n) is 1.09. The van der Waals surface area contributed by atoms with Gasteiger partial charge in [0.15, 0.2) is 0 Å². The molecule has 0 spiro atoms. The molecule has 1 aromatic carbocycles. The van der Waals surface area contributed by atoms with Crippen LogP contribution in [0.15, 0.2) is 18.2 Å². The summed E-state index contributed by atoms with van der Waals surface area (Å²) in [6.07, 6.45) is 0.338. The summed E-state index contributed by atoms with van der Waals surface area (Å²) in [4.78, 5) is 11.2. The van der Waals surface area contributed by atoms with Gasteiger partial charge in [0, 0.05) is 6.54 Å². The van der Waals surface area contributed by atoms with E-state index in [1.54, 1.807) is 18.2 Å². The number of likely N-dealkylation sites (N-methyl/N-ethyl adjacent to an activating group) is 1. The Balaban J connectivity index is 2.68. The first-order chi connectivity index (χ1) is 6.63. The Bertz CT molecular complexity index is 339. The molecule has 14 heavy (non-hydrogen) atoms. The molecule has 76 valence electrons. The summed E-state index contributed by atoms with van der Waals surface area (Å²) in [5.74, 6) is -0.00844. The van der Waals surface area contributed by atoms with Crippen molar-refractivity contribution in [2.45, 2.75) is 13.3 Å². The largest absolute Gasteiger partial charge is 0.356 e. The average molecular weight is 232 g/mol. The third-order valence-corrected chi connectivity index (χ3v) is 2.46. The Morgan fingerprint density at radius 2 is 2.07 bits per heavy atom. The number of nitrogens with one attached hydrogen (secondary N) is 1. The molecule has 0 bridgehead atoms. The molecule has 0 aliphatic rings. The number of rotatable bonds is 3. The number of halogens is 2. The standard InChI is InChI=1S/C10H11Cl2NO/c1-2-13-10(14)6-7-3-4-8(11)9(12)5-7/h3-5H,2,6H2,1H3,(H,13,14). The zero-order valence-corrected chi connectivity index (χ0v) is 9.32. The van der Waals surface area contributed by atoms with E-state index in [1.165, 1.54) is 0 Å². The van der Waals surface area contributed by atoms with Gasteiger partial charge in [-0.15, -0.1) is 0 Å². The molecular weight excluding hydrogens is 221 g/mol. The summed E-state index contributed by atoms with van der Waals surface area (Å²) in [5, 5.41) is 3.70. The molecule has 0 aliphatic heterocycles. The average Bonchev–Trinajstić information content (AvgIpc) is 2.12. The zero-order valence-electron chi connectivity index (χ0n) is 7.81. The van der Waals surface area contributed by atoms with Crippen LogP contribution < -0.4 is 5.32 Å². The fraction of sp³-hybridized carbons (Fsp3) is 0.300. The van der Waals surface area contributed by atoms with Crippen molar-refractivity contribution in [3.05, 3.63) is 33.8 Å². The quantitative estimate of drug-likeness (QED) is 0.852. The van der Waals surface area contributed by atoms with Crippen molar-refractivity contribution < 1.29 is 4.79 Å². The van der Waals surface area contributed by atoms with E-state index in [0.717, 1.165) is 5.56 Å². The molecule has 0 saturated carbocycles. The van der Waals surface area contributed by atoms with Crippen molar-refractivity contribution in [3.63, 3.8) is 0 Å². The summed E-state index contributed by atoms with van der Waals surface area (Å²) in [5.41, 5.74) is 0.866. The second-order valence-electron chi connectivity index (χ2n) is 2.88. The molecule has 1 aromatic rings. The lowest BCUT2D eigenvalue weighted by atomic mass is 10.1. The first-order valence-electron chi connectivity index (χ1n) is 4.34. The van der Waals surface area contributed by atoms with E-state index in [-0.39, 0.29) is 5.91 Å². The number of hydrogen-bond acceptors (Lipinski definition) is 1.